The fourth-order valence-electron chi connectivity index (χ4n) is 4.76. The van der Waals surface area contributed by atoms with Crippen molar-refractivity contribution in [1.29, 1.82) is 0 Å². The number of hydrogen-bond donors (Lipinski definition) is 0. The number of rotatable bonds is 2. The zero-order valence-corrected chi connectivity index (χ0v) is 17.9. The molecule has 5 nitrogen and oxygen atoms in total. The van der Waals surface area contributed by atoms with Crippen LogP contribution in [0.3, 0.4) is 0 Å². The number of carbonyl (C=O) groups excluding carboxylic acids is 1. The molecule has 1 aliphatic rings. The Kier molecular flexibility index (Phi) is 4.62. The zero-order chi connectivity index (χ0) is 22.7. The van der Waals surface area contributed by atoms with Crippen molar-refractivity contribution in [1.82, 2.24) is 19.2 Å². The number of hydrogen-bond acceptors (Lipinski definition) is 2. The number of nitrogens with zero attached hydrogens (tertiary/aromatic N) is 4. The van der Waals surface area contributed by atoms with Gasteiger partial charge in [-0.25, -0.2) is 13.2 Å². The van der Waals surface area contributed by atoms with Crippen LogP contribution in [0.15, 0.2) is 42.6 Å². The standard InChI is InChI=1S/C24H21F3N4O/c1-13-21-16(23(30(3)28-21)15-11-18(25)20(27)19(26)12-15)8-10-31(13)24(32)17-6-4-5-14-7-9-29(2)22(14)17/h4-7,9,11-13H,8,10H2,1-3H3/t13-/m0/s1. The van der Waals surface area contributed by atoms with Crippen LogP contribution in [-0.2, 0) is 20.5 Å². The summed E-state index contributed by atoms with van der Waals surface area (Å²) in [6, 6.07) is 9.25. The number of para-hydroxylation sites is 1. The average Bonchev–Trinajstić information content (AvgIpc) is 3.31. The Labute approximate surface area is 182 Å². The monoisotopic (exact) mass is 438 g/mol. The largest absolute Gasteiger partial charge is 0.350 e. The fraction of sp³-hybridized carbons (Fsp3) is 0.250. The molecule has 0 saturated carbocycles. The predicted octanol–water partition coefficient (Wildman–Crippen LogP) is 4.76. The van der Waals surface area contributed by atoms with Crippen LogP contribution in [-0.4, -0.2) is 31.7 Å². The molecule has 0 N–H and O–H groups in total. The molecule has 8 heteroatoms. The van der Waals surface area contributed by atoms with Crippen LogP contribution in [0.4, 0.5) is 13.2 Å². The molecule has 1 amide bonds. The molecule has 1 aliphatic heterocycles. The van der Waals surface area contributed by atoms with E-state index in [9.17, 15) is 18.0 Å². The van der Waals surface area contributed by atoms with Crippen LogP contribution in [0.25, 0.3) is 22.2 Å². The highest BCUT2D eigenvalue weighted by atomic mass is 19.2. The van der Waals surface area contributed by atoms with Gasteiger partial charge in [0.1, 0.15) is 0 Å². The molecular formula is C24H21F3N4O. The lowest BCUT2D eigenvalue weighted by molar-refractivity contribution is 0.0675. The Balaban J connectivity index is 1.55. The third kappa shape index (κ3) is 2.93. The average molecular weight is 438 g/mol. The minimum atomic E-state index is -1.50. The van der Waals surface area contributed by atoms with Crippen LogP contribution in [0.1, 0.15) is 34.6 Å². The summed E-state index contributed by atoms with van der Waals surface area (Å²) in [7, 11) is 3.58. The number of benzene rings is 2. The summed E-state index contributed by atoms with van der Waals surface area (Å²) in [5, 5.41) is 5.56. The van der Waals surface area contributed by atoms with Crippen LogP contribution < -0.4 is 0 Å². The summed E-state index contributed by atoms with van der Waals surface area (Å²) >= 11 is 0. The van der Waals surface area contributed by atoms with Gasteiger partial charge in [-0.1, -0.05) is 12.1 Å². The zero-order valence-electron chi connectivity index (χ0n) is 17.9. The van der Waals surface area contributed by atoms with Crippen LogP contribution in [0, 0.1) is 17.5 Å². The van der Waals surface area contributed by atoms with Gasteiger partial charge in [-0.05, 0) is 37.6 Å². The van der Waals surface area contributed by atoms with Gasteiger partial charge in [0.25, 0.3) is 5.91 Å². The summed E-state index contributed by atoms with van der Waals surface area (Å²) in [5.41, 5.74) is 3.72. The Hall–Kier alpha value is -3.55. The molecule has 164 valence electrons. The van der Waals surface area contributed by atoms with Gasteiger partial charge in [-0.2, -0.15) is 5.10 Å². The minimum absolute atomic E-state index is 0.0957. The fourth-order valence-corrected chi connectivity index (χ4v) is 4.76. The second kappa shape index (κ2) is 7.25. The third-order valence-corrected chi connectivity index (χ3v) is 6.29. The van der Waals surface area contributed by atoms with E-state index >= 15 is 0 Å². The van der Waals surface area contributed by atoms with Gasteiger partial charge < -0.3 is 9.47 Å². The topological polar surface area (TPSA) is 43.1 Å². The molecule has 0 bridgehead atoms. The molecule has 1 atom stereocenters. The molecule has 32 heavy (non-hydrogen) atoms. The normalized spacial score (nSPS) is 15.9. The Morgan fingerprint density at radius 3 is 2.53 bits per heavy atom. The predicted molar refractivity (Wildman–Crippen MR) is 115 cm³/mol. The molecule has 0 aliphatic carbocycles. The Bertz CT molecular complexity index is 1360. The lowest BCUT2D eigenvalue weighted by Crippen LogP contribution is -2.39. The van der Waals surface area contributed by atoms with E-state index in [0.29, 0.717) is 29.9 Å². The smallest absolute Gasteiger partial charge is 0.256 e. The van der Waals surface area contributed by atoms with Crippen molar-refractivity contribution in [3.05, 3.63) is 76.9 Å². The first-order chi connectivity index (χ1) is 15.3. The third-order valence-electron chi connectivity index (χ3n) is 6.29. The van der Waals surface area contributed by atoms with E-state index in [1.807, 2.05) is 49.0 Å². The van der Waals surface area contributed by atoms with Crippen molar-refractivity contribution in [2.75, 3.05) is 6.54 Å². The maximum Gasteiger partial charge on any atom is 0.256 e. The summed E-state index contributed by atoms with van der Waals surface area (Å²) in [6.07, 6.45) is 2.39. The van der Waals surface area contributed by atoms with E-state index in [1.54, 1.807) is 16.6 Å². The number of fused-ring (bicyclic) bond motifs is 2. The molecule has 3 heterocycles. The number of aryl methyl sites for hydroxylation is 2. The van der Waals surface area contributed by atoms with Crippen molar-refractivity contribution in [2.45, 2.75) is 19.4 Å². The lowest BCUT2D eigenvalue weighted by Gasteiger charge is -2.33. The van der Waals surface area contributed by atoms with E-state index in [2.05, 4.69) is 5.10 Å². The summed E-state index contributed by atoms with van der Waals surface area (Å²) < 4.78 is 44.6. The molecule has 2 aromatic carbocycles. The first-order valence-electron chi connectivity index (χ1n) is 10.3. The first kappa shape index (κ1) is 20.4. The van der Waals surface area contributed by atoms with Crippen LogP contribution in [0.2, 0.25) is 0 Å². The SMILES string of the molecule is C[C@H]1c2nn(C)c(-c3cc(F)c(F)c(F)c3)c2CCN1C(=O)c1cccc2ccn(C)c12. The second-order valence-electron chi connectivity index (χ2n) is 8.18. The molecule has 2 aromatic heterocycles. The molecule has 0 spiro atoms. The van der Waals surface area contributed by atoms with Gasteiger partial charge in [0, 0.05) is 43.4 Å². The maximum absolute atomic E-state index is 13.9. The van der Waals surface area contributed by atoms with Crippen molar-refractivity contribution >= 4 is 16.8 Å². The van der Waals surface area contributed by atoms with Gasteiger partial charge >= 0.3 is 0 Å². The number of aromatic nitrogens is 3. The lowest BCUT2D eigenvalue weighted by atomic mass is 9.94. The highest BCUT2D eigenvalue weighted by Gasteiger charge is 2.34. The van der Waals surface area contributed by atoms with Gasteiger partial charge in [0.15, 0.2) is 17.5 Å². The molecule has 0 fully saturated rings. The molecule has 4 aromatic rings. The number of amides is 1. The van der Waals surface area contributed by atoms with E-state index in [4.69, 9.17) is 0 Å². The van der Waals surface area contributed by atoms with Gasteiger partial charge in [-0.15, -0.1) is 0 Å². The van der Waals surface area contributed by atoms with Gasteiger partial charge in [0.05, 0.1) is 28.5 Å². The maximum atomic E-state index is 13.9. The number of halogens is 3. The Morgan fingerprint density at radius 1 is 1.09 bits per heavy atom. The first-order valence-corrected chi connectivity index (χ1v) is 10.3. The van der Waals surface area contributed by atoms with Crippen molar-refractivity contribution in [3.8, 4) is 11.3 Å². The number of carbonyl (C=O) groups is 1. The van der Waals surface area contributed by atoms with Gasteiger partial charge in [0.2, 0.25) is 0 Å². The van der Waals surface area contributed by atoms with E-state index in [-0.39, 0.29) is 17.5 Å². The van der Waals surface area contributed by atoms with Crippen LogP contribution in [0.5, 0.6) is 0 Å². The van der Waals surface area contributed by atoms with E-state index < -0.39 is 17.5 Å². The van der Waals surface area contributed by atoms with Crippen molar-refractivity contribution in [2.24, 2.45) is 14.1 Å². The quantitative estimate of drug-likeness (QED) is 0.424. The second-order valence-corrected chi connectivity index (χ2v) is 8.18. The van der Waals surface area contributed by atoms with Crippen LogP contribution >= 0.6 is 0 Å². The van der Waals surface area contributed by atoms with E-state index in [0.717, 1.165) is 28.6 Å². The molecule has 0 unspecified atom stereocenters. The van der Waals surface area contributed by atoms with Crippen molar-refractivity contribution in [3.63, 3.8) is 0 Å². The molecular weight excluding hydrogens is 417 g/mol. The highest BCUT2D eigenvalue weighted by molar-refractivity contribution is 6.06. The summed E-state index contributed by atoms with van der Waals surface area (Å²) in [6.45, 7) is 2.32. The molecule has 0 radical (unpaired) electrons. The molecule has 5 rings (SSSR count). The van der Waals surface area contributed by atoms with Crippen molar-refractivity contribution < 1.29 is 18.0 Å². The minimum Gasteiger partial charge on any atom is -0.350 e. The van der Waals surface area contributed by atoms with E-state index in [1.165, 1.54) is 0 Å². The summed E-state index contributed by atoms with van der Waals surface area (Å²) in [4.78, 5) is 15.3. The summed E-state index contributed by atoms with van der Waals surface area (Å²) in [5.74, 6) is -4.08. The van der Waals surface area contributed by atoms with Gasteiger partial charge in [-0.3, -0.25) is 9.48 Å². The molecule has 0 saturated heterocycles. The highest BCUT2D eigenvalue weighted by Crippen LogP contribution is 2.37. The Morgan fingerprint density at radius 2 is 1.81 bits per heavy atom.